The molecule has 0 saturated carbocycles. The van der Waals surface area contributed by atoms with Gasteiger partial charge in [-0.15, -0.1) is 0 Å². The highest BCUT2D eigenvalue weighted by Crippen LogP contribution is 2.38. The van der Waals surface area contributed by atoms with Gasteiger partial charge in [0.15, 0.2) is 11.5 Å². The van der Waals surface area contributed by atoms with E-state index in [9.17, 15) is 9.59 Å². The van der Waals surface area contributed by atoms with Gasteiger partial charge in [-0.3, -0.25) is 9.59 Å². The van der Waals surface area contributed by atoms with Gasteiger partial charge in [0.2, 0.25) is 0 Å². The molecule has 1 N–H and O–H groups in total. The van der Waals surface area contributed by atoms with Gasteiger partial charge in [0.25, 0.3) is 11.8 Å². The summed E-state index contributed by atoms with van der Waals surface area (Å²) in [5.74, 6) is 0.532. The molecule has 0 aromatic heterocycles. The largest absolute Gasteiger partial charge is 0.486 e. The van der Waals surface area contributed by atoms with Crippen molar-refractivity contribution in [1.82, 2.24) is 0 Å². The molecule has 172 valence electrons. The fourth-order valence-corrected chi connectivity index (χ4v) is 4.53. The lowest BCUT2D eigenvalue weighted by Gasteiger charge is -2.20. The van der Waals surface area contributed by atoms with E-state index in [2.05, 4.69) is 5.32 Å². The molecular weight excluding hydrogens is 428 g/mol. The first kappa shape index (κ1) is 21.8. The van der Waals surface area contributed by atoms with Crippen LogP contribution in [0.25, 0.3) is 5.57 Å². The molecular formula is C28H26N2O4. The molecule has 0 radical (unpaired) electrons. The van der Waals surface area contributed by atoms with Crippen LogP contribution in [0.15, 0.2) is 60.3 Å². The highest BCUT2D eigenvalue weighted by atomic mass is 16.6. The number of ether oxygens (including phenoxy) is 2. The molecule has 6 heteroatoms. The third-order valence-electron chi connectivity index (χ3n) is 6.14. The number of aryl methyl sites for hydroxylation is 4. The van der Waals surface area contributed by atoms with Crippen LogP contribution in [0.4, 0.5) is 11.4 Å². The van der Waals surface area contributed by atoms with E-state index in [1.54, 1.807) is 12.1 Å². The molecule has 5 rings (SSSR count). The Kier molecular flexibility index (Phi) is 5.36. The molecule has 2 heterocycles. The highest BCUT2D eigenvalue weighted by molar-refractivity contribution is 6.46. The molecule has 0 saturated heterocycles. The third kappa shape index (κ3) is 3.71. The summed E-state index contributed by atoms with van der Waals surface area (Å²) < 4.78 is 11.3. The Bertz CT molecular complexity index is 1370. The second-order valence-corrected chi connectivity index (χ2v) is 8.79. The maximum Gasteiger partial charge on any atom is 0.282 e. The number of rotatable bonds is 4. The average molecular weight is 455 g/mol. The second-order valence-electron chi connectivity index (χ2n) is 8.79. The lowest BCUT2D eigenvalue weighted by molar-refractivity contribution is -0.120. The Labute approximate surface area is 198 Å². The number of fused-ring (bicyclic) bond motifs is 1. The van der Waals surface area contributed by atoms with Gasteiger partial charge < -0.3 is 14.8 Å². The van der Waals surface area contributed by atoms with Crippen LogP contribution in [-0.4, -0.2) is 25.0 Å². The van der Waals surface area contributed by atoms with Crippen molar-refractivity contribution in [3.05, 3.63) is 88.1 Å². The number of carbonyl (C=O) groups is 2. The van der Waals surface area contributed by atoms with E-state index in [-0.39, 0.29) is 17.5 Å². The topological polar surface area (TPSA) is 67.9 Å². The number of amides is 2. The summed E-state index contributed by atoms with van der Waals surface area (Å²) >= 11 is 0. The first-order chi connectivity index (χ1) is 16.3. The molecule has 3 aromatic carbocycles. The quantitative estimate of drug-likeness (QED) is 0.557. The van der Waals surface area contributed by atoms with Crippen molar-refractivity contribution < 1.29 is 19.1 Å². The molecule has 2 aliphatic rings. The molecule has 0 unspecified atom stereocenters. The lowest BCUT2D eigenvalue weighted by atomic mass is 9.97. The summed E-state index contributed by atoms with van der Waals surface area (Å²) in [7, 11) is 0. The molecule has 0 atom stereocenters. The number of nitrogens with zero attached hydrogens (tertiary/aromatic N) is 1. The van der Waals surface area contributed by atoms with E-state index in [1.807, 2.05) is 70.2 Å². The fourth-order valence-electron chi connectivity index (χ4n) is 4.53. The van der Waals surface area contributed by atoms with Gasteiger partial charge in [0.05, 0.1) is 11.3 Å². The number of carbonyl (C=O) groups excluding carboxylic acids is 2. The van der Waals surface area contributed by atoms with Gasteiger partial charge in [0.1, 0.15) is 18.9 Å². The van der Waals surface area contributed by atoms with Crippen molar-refractivity contribution in [2.24, 2.45) is 0 Å². The Morgan fingerprint density at radius 2 is 1.41 bits per heavy atom. The molecule has 3 aromatic rings. The van der Waals surface area contributed by atoms with Crippen LogP contribution in [0, 0.1) is 27.7 Å². The van der Waals surface area contributed by atoms with Crippen molar-refractivity contribution in [3.8, 4) is 11.5 Å². The Hall–Kier alpha value is -4.06. The Morgan fingerprint density at radius 1 is 0.735 bits per heavy atom. The van der Waals surface area contributed by atoms with Gasteiger partial charge in [-0.25, -0.2) is 4.90 Å². The number of benzene rings is 3. The molecule has 0 spiro atoms. The van der Waals surface area contributed by atoms with E-state index in [0.717, 1.165) is 27.8 Å². The standard InChI is InChI=1S/C28H26N2O4/c1-16-5-8-21(18(3)13-16)25-26(29-20-7-10-23-24(15-20)34-12-11-33-23)28(32)30(27(25)31)22-9-6-17(2)14-19(22)4/h5-10,13-15,29H,11-12H2,1-4H3. The minimum atomic E-state index is -0.387. The fraction of sp³-hybridized carbons (Fsp3) is 0.214. The van der Waals surface area contributed by atoms with Gasteiger partial charge in [-0.2, -0.15) is 0 Å². The zero-order chi connectivity index (χ0) is 24.0. The number of anilines is 2. The average Bonchev–Trinajstić information content (AvgIpc) is 3.03. The summed E-state index contributed by atoms with van der Waals surface area (Å²) in [6.45, 7) is 8.81. The Balaban J connectivity index is 1.63. The number of hydrogen-bond acceptors (Lipinski definition) is 5. The van der Waals surface area contributed by atoms with E-state index in [0.29, 0.717) is 41.7 Å². The summed E-state index contributed by atoms with van der Waals surface area (Å²) in [6, 6.07) is 17.0. The van der Waals surface area contributed by atoms with Crippen molar-refractivity contribution >= 4 is 28.8 Å². The highest BCUT2D eigenvalue weighted by Gasteiger charge is 2.41. The zero-order valence-corrected chi connectivity index (χ0v) is 19.7. The smallest absolute Gasteiger partial charge is 0.282 e. The first-order valence-corrected chi connectivity index (χ1v) is 11.3. The summed E-state index contributed by atoms with van der Waals surface area (Å²) in [5.41, 5.74) is 6.51. The molecule has 0 fully saturated rings. The van der Waals surface area contributed by atoms with Crippen LogP contribution in [-0.2, 0) is 9.59 Å². The maximum absolute atomic E-state index is 13.8. The van der Waals surface area contributed by atoms with E-state index >= 15 is 0 Å². The van der Waals surface area contributed by atoms with Crippen LogP contribution in [0.2, 0.25) is 0 Å². The number of hydrogen-bond donors (Lipinski definition) is 1. The van der Waals surface area contributed by atoms with Crippen LogP contribution < -0.4 is 19.7 Å². The van der Waals surface area contributed by atoms with E-state index in [1.165, 1.54) is 4.90 Å². The molecule has 2 aliphatic heterocycles. The number of imide groups is 1. The molecule has 2 amide bonds. The monoisotopic (exact) mass is 454 g/mol. The van der Waals surface area contributed by atoms with Crippen LogP contribution in [0.1, 0.15) is 27.8 Å². The number of nitrogens with one attached hydrogen (secondary N) is 1. The first-order valence-electron chi connectivity index (χ1n) is 11.3. The van der Waals surface area contributed by atoms with Crippen molar-refractivity contribution in [1.29, 1.82) is 0 Å². The van der Waals surface area contributed by atoms with Gasteiger partial charge >= 0.3 is 0 Å². The predicted molar refractivity (Wildman–Crippen MR) is 132 cm³/mol. The van der Waals surface area contributed by atoms with Gasteiger partial charge in [0, 0.05) is 11.8 Å². The van der Waals surface area contributed by atoms with E-state index < -0.39 is 0 Å². The molecule has 34 heavy (non-hydrogen) atoms. The zero-order valence-electron chi connectivity index (χ0n) is 19.7. The maximum atomic E-state index is 13.8. The molecule has 6 nitrogen and oxygen atoms in total. The summed E-state index contributed by atoms with van der Waals surface area (Å²) in [5, 5.41) is 3.22. The van der Waals surface area contributed by atoms with Crippen LogP contribution >= 0.6 is 0 Å². The van der Waals surface area contributed by atoms with Crippen molar-refractivity contribution in [2.75, 3.05) is 23.4 Å². The lowest BCUT2D eigenvalue weighted by Crippen LogP contribution is -2.33. The van der Waals surface area contributed by atoms with Crippen molar-refractivity contribution in [2.45, 2.75) is 27.7 Å². The second kappa shape index (κ2) is 8.37. The normalized spacial score (nSPS) is 15.2. The van der Waals surface area contributed by atoms with Crippen LogP contribution in [0.5, 0.6) is 11.5 Å². The minimum absolute atomic E-state index is 0.244. The van der Waals surface area contributed by atoms with Gasteiger partial charge in [-0.05, 0) is 62.6 Å². The van der Waals surface area contributed by atoms with E-state index in [4.69, 9.17) is 9.47 Å². The molecule has 0 bridgehead atoms. The SMILES string of the molecule is Cc1ccc(C2=C(Nc3ccc4c(c3)OCCO4)C(=O)N(c3ccc(C)cc3C)C2=O)c(C)c1. The van der Waals surface area contributed by atoms with Crippen LogP contribution in [0.3, 0.4) is 0 Å². The third-order valence-corrected chi connectivity index (χ3v) is 6.14. The van der Waals surface area contributed by atoms with Crippen molar-refractivity contribution in [3.63, 3.8) is 0 Å². The molecule has 0 aliphatic carbocycles. The summed E-state index contributed by atoms with van der Waals surface area (Å²) in [4.78, 5) is 28.8. The Morgan fingerprint density at radius 3 is 2.12 bits per heavy atom. The predicted octanol–water partition coefficient (Wildman–Crippen LogP) is 5.09. The summed E-state index contributed by atoms with van der Waals surface area (Å²) in [6.07, 6.45) is 0. The van der Waals surface area contributed by atoms with Gasteiger partial charge in [-0.1, -0.05) is 41.5 Å². The minimum Gasteiger partial charge on any atom is -0.486 e.